The number of likely N-dealkylation sites (N-methyl/N-ethyl adjacent to an activating group) is 1. The van der Waals surface area contributed by atoms with Gasteiger partial charge in [0.25, 0.3) is 0 Å². The molecule has 2 atom stereocenters. The van der Waals surface area contributed by atoms with Crippen molar-refractivity contribution >= 4 is 5.91 Å². The van der Waals surface area contributed by atoms with Crippen molar-refractivity contribution in [2.45, 2.75) is 59.7 Å². The Hall–Kier alpha value is -0.570. The van der Waals surface area contributed by atoms with Gasteiger partial charge in [0.15, 0.2) is 0 Å². The molecule has 1 amide bonds. The predicted octanol–water partition coefficient (Wildman–Crippen LogP) is 2.22. The fraction of sp³-hybridized carbons (Fsp3) is 0.923. The Balaban J connectivity index is 2.63. The minimum Gasteiger partial charge on any atom is -0.326 e. The van der Waals surface area contributed by atoms with Crippen LogP contribution in [0.1, 0.15) is 47.5 Å². The third kappa shape index (κ3) is 3.21. The summed E-state index contributed by atoms with van der Waals surface area (Å²) in [5.74, 6) is 1.48. The van der Waals surface area contributed by atoms with Gasteiger partial charge in [0, 0.05) is 6.54 Å². The van der Waals surface area contributed by atoms with E-state index < -0.39 is 0 Å². The van der Waals surface area contributed by atoms with Crippen LogP contribution >= 0.6 is 0 Å². The van der Waals surface area contributed by atoms with E-state index in [1.54, 1.807) is 0 Å². The maximum atomic E-state index is 12.1. The summed E-state index contributed by atoms with van der Waals surface area (Å²) in [4.78, 5) is 14.1. The predicted molar refractivity (Wildman–Crippen MR) is 67.0 cm³/mol. The molecule has 0 bridgehead atoms. The van der Waals surface area contributed by atoms with Crippen LogP contribution in [0.25, 0.3) is 0 Å². The van der Waals surface area contributed by atoms with Gasteiger partial charge in [-0.2, -0.15) is 0 Å². The van der Waals surface area contributed by atoms with Crippen LogP contribution in [0.5, 0.6) is 0 Å². The first-order chi connectivity index (χ1) is 7.45. The Kier molecular flexibility index (Phi) is 4.78. The summed E-state index contributed by atoms with van der Waals surface area (Å²) < 4.78 is 0. The second-order valence-corrected chi connectivity index (χ2v) is 5.62. The number of nitrogens with one attached hydrogen (secondary N) is 1. The van der Waals surface area contributed by atoms with E-state index in [0.717, 1.165) is 19.4 Å². The fourth-order valence-corrected chi connectivity index (χ4v) is 2.41. The molecule has 0 spiro atoms. The monoisotopic (exact) mass is 226 g/mol. The van der Waals surface area contributed by atoms with Gasteiger partial charge in [0.05, 0.1) is 12.2 Å². The number of carbonyl (C=O) groups is 1. The lowest BCUT2D eigenvalue weighted by Crippen LogP contribution is -2.38. The van der Waals surface area contributed by atoms with E-state index in [1.165, 1.54) is 0 Å². The molecule has 1 aliphatic heterocycles. The lowest BCUT2D eigenvalue weighted by atomic mass is 10.0. The molecule has 0 saturated carbocycles. The number of hydrogen-bond acceptors (Lipinski definition) is 2. The van der Waals surface area contributed by atoms with Gasteiger partial charge in [0.1, 0.15) is 0 Å². The molecule has 0 aromatic carbocycles. The number of amides is 1. The summed E-state index contributed by atoms with van der Waals surface area (Å²) in [6, 6.07) is 0.0451. The topological polar surface area (TPSA) is 32.3 Å². The summed E-state index contributed by atoms with van der Waals surface area (Å²) in [5.41, 5.74) is 0. The lowest BCUT2D eigenvalue weighted by molar-refractivity contribution is -0.130. The van der Waals surface area contributed by atoms with E-state index in [9.17, 15) is 4.79 Å². The Bertz CT molecular complexity index is 238. The summed E-state index contributed by atoms with van der Waals surface area (Å²) in [5, 5.41) is 3.48. The highest BCUT2D eigenvalue weighted by Crippen LogP contribution is 2.20. The number of hydrogen-bond donors (Lipinski definition) is 1. The largest absolute Gasteiger partial charge is 0.326 e. The van der Waals surface area contributed by atoms with Gasteiger partial charge in [-0.05, 0) is 31.6 Å². The van der Waals surface area contributed by atoms with E-state index >= 15 is 0 Å². The van der Waals surface area contributed by atoms with Crippen molar-refractivity contribution < 1.29 is 4.79 Å². The van der Waals surface area contributed by atoms with Gasteiger partial charge in [-0.3, -0.25) is 10.1 Å². The third-order valence-electron chi connectivity index (χ3n) is 3.09. The van der Waals surface area contributed by atoms with Crippen LogP contribution in [0.15, 0.2) is 0 Å². The van der Waals surface area contributed by atoms with Gasteiger partial charge in [-0.1, -0.05) is 27.7 Å². The van der Waals surface area contributed by atoms with Crippen molar-refractivity contribution in [3.63, 3.8) is 0 Å². The number of rotatable bonds is 5. The Labute approximate surface area is 99.6 Å². The van der Waals surface area contributed by atoms with Crippen LogP contribution in [0.2, 0.25) is 0 Å². The van der Waals surface area contributed by atoms with Crippen molar-refractivity contribution in [2.24, 2.45) is 11.8 Å². The molecule has 16 heavy (non-hydrogen) atoms. The van der Waals surface area contributed by atoms with Gasteiger partial charge >= 0.3 is 0 Å². The maximum absolute atomic E-state index is 12.1. The number of carbonyl (C=O) groups excluding carboxylic acids is 1. The Morgan fingerprint density at radius 1 is 1.19 bits per heavy atom. The average molecular weight is 226 g/mol. The minimum absolute atomic E-state index is 0.0451. The zero-order chi connectivity index (χ0) is 12.3. The quantitative estimate of drug-likeness (QED) is 0.779. The molecular formula is C13H26N2O. The smallest absolute Gasteiger partial charge is 0.241 e. The summed E-state index contributed by atoms with van der Waals surface area (Å²) >= 11 is 0. The highest BCUT2D eigenvalue weighted by molar-refractivity contribution is 5.84. The summed E-state index contributed by atoms with van der Waals surface area (Å²) in [6.45, 7) is 11.6. The molecule has 3 heteroatoms. The molecule has 1 saturated heterocycles. The summed E-state index contributed by atoms with van der Waals surface area (Å²) in [6.07, 6.45) is 2.25. The van der Waals surface area contributed by atoms with Crippen LogP contribution in [-0.2, 0) is 4.79 Å². The van der Waals surface area contributed by atoms with Crippen LogP contribution in [0.3, 0.4) is 0 Å². The third-order valence-corrected chi connectivity index (χ3v) is 3.09. The van der Waals surface area contributed by atoms with E-state index in [0.29, 0.717) is 17.7 Å². The van der Waals surface area contributed by atoms with Crippen molar-refractivity contribution in [1.29, 1.82) is 0 Å². The molecule has 0 radical (unpaired) electrons. The lowest BCUT2D eigenvalue weighted by Gasteiger charge is -2.23. The van der Waals surface area contributed by atoms with Gasteiger partial charge in [-0.25, -0.2) is 0 Å². The highest BCUT2D eigenvalue weighted by Gasteiger charge is 2.37. The molecule has 0 aromatic rings. The normalized spacial score (nSPS) is 26.2. The molecular weight excluding hydrogens is 200 g/mol. The molecule has 1 fully saturated rings. The maximum Gasteiger partial charge on any atom is 0.241 e. The minimum atomic E-state index is 0.0451. The zero-order valence-corrected chi connectivity index (χ0v) is 11.3. The van der Waals surface area contributed by atoms with Crippen LogP contribution in [0.4, 0.5) is 0 Å². The Morgan fingerprint density at radius 3 is 2.19 bits per heavy atom. The zero-order valence-electron chi connectivity index (χ0n) is 11.3. The molecule has 0 aromatic heterocycles. The highest BCUT2D eigenvalue weighted by atomic mass is 16.2. The van der Waals surface area contributed by atoms with E-state index in [2.05, 4.69) is 39.9 Å². The van der Waals surface area contributed by atoms with Crippen molar-refractivity contribution in [3.05, 3.63) is 0 Å². The number of nitrogens with zero attached hydrogens (tertiary/aromatic N) is 1. The van der Waals surface area contributed by atoms with Crippen LogP contribution in [-0.4, -0.2) is 29.6 Å². The van der Waals surface area contributed by atoms with Gasteiger partial charge in [-0.15, -0.1) is 0 Å². The first-order valence-electron chi connectivity index (χ1n) is 6.52. The molecule has 1 rings (SSSR count). The molecule has 1 N–H and O–H groups in total. The van der Waals surface area contributed by atoms with Crippen molar-refractivity contribution in [2.75, 3.05) is 6.54 Å². The van der Waals surface area contributed by atoms with Gasteiger partial charge in [0.2, 0.25) is 5.91 Å². The van der Waals surface area contributed by atoms with Crippen molar-refractivity contribution in [1.82, 2.24) is 10.2 Å². The van der Waals surface area contributed by atoms with Gasteiger partial charge < -0.3 is 4.90 Å². The van der Waals surface area contributed by atoms with Crippen LogP contribution in [0, 0.1) is 11.8 Å². The molecule has 3 nitrogen and oxygen atoms in total. The van der Waals surface area contributed by atoms with Crippen LogP contribution < -0.4 is 5.32 Å². The SMILES string of the molecule is CCN1C(=O)C(CC(C)C)NC1CC(C)C. The standard InChI is InChI=1S/C13H26N2O/c1-6-15-12(8-10(4)5)14-11(13(15)16)7-9(2)3/h9-12,14H,6-8H2,1-5H3. The fourth-order valence-electron chi connectivity index (χ4n) is 2.41. The second kappa shape index (κ2) is 5.67. The summed E-state index contributed by atoms with van der Waals surface area (Å²) in [7, 11) is 0. The first-order valence-corrected chi connectivity index (χ1v) is 6.52. The van der Waals surface area contributed by atoms with E-state index in [1.807, 2.05) is 4.90 Å². The Morgan fingerprint density at radius 2 is 1.75 bits per heavy atom. The molecule has 2 unspecified atom stereocenters. The molecule has 94 valence electrons. The van der Waals surface area contributed by atoms with E-state index in [-0.39, 0.29) is 12.2 Å². The second-order valence-electron chi connectivity index (χ2n) is 5.62. The van der Waals surface area contributed by atoms with Crippen molar-refractivity contribution in [3.8, 4) is 0 Å². The molecule has 1 heterocycles. The molecule has 1 aliphatic rings. The average Bonchev–Trinajstić information content (AvgIpc) is 2.41. The first kappa shape index (κ1) is 13.5. The van der Waals surface area contributed by atoms with E-state index in [4.69, 9.17) is 0 Å². The molecule has 0 aliphatic carbocycles.